The largest absolute Gasteiger partial charge is 0.506 e. The van der Waals surface area contributed by atoms with E-state index in [0.717, 1.165) is 31.5 Å². The molecule has 0 unspecified atom stereocenters. The summed E-state index contributed by atoms with van der Waals surface area (Å²) in [6.07, 6.45) is 1.83. The molecular formula is C19H21Cl2N3O2S2. The van der Waals surface area contributed by atoms with Crippen LogP contribution in [0.25, 0.3) is 10.4 Å². The molecule has 1 saturated heterocycles. The van der Waals surface area contributed by atoms with E-state index < -0.39 is 0 Å². The summed E-state index contributed by atoms with van der Waals surface area (Å²) < 4.78 is 0. The number of aliphatic hydroxyl groups excluding tert-OH is 1. The van der Waals surface area contributed by atoms with Crippen molar-refractivity contribution in [2.24, 2.45) is 11.0 Å². The SMILES string of the molecule is CC(=NNC(=S)N1CCC(CO)CC1)c1csc(-c2ccc(Cl)c(Cl)c2)c1O. The number of thiophene rings is 1. The Hall–Kier alpha value is -1.38. The Morgan fingerprint density at radius 3 is 2.68 bits per heavy atom. The number of halogens is 2. The first kappa shape index (κ1) is 21.3. The van der Waals surface area contributed by atoms with E-state index in [0.29, 0.717) is 37.2 Å². The molecule has 0 atom stereocenters. The Bertz CT molecular complexity index is 893. The highest BCUT2D eigenvalue weighted by molar-refractivity contribution is 7.80. The topological polar surface area (TPSA) is 68.1 Å². The lowest BCUT2D eigenvalue weighted by Crippen LogP contribution is -2.43. The van der Waals surface area contributed by atoms with Gasteiger partial charge in [-0.2, -0.15) is 5.10 Å². The zero-order chi connectivity index (χ0) is 20.3. The number of aliphatic hydroxyl groups is 1. The molecule has 0 aliphatic carbocycles. The van der Waals surface area contributed by atoms with Gasteiger partial charge >= 0.3 is 0 Å². The van der Waals surface area contributed by atoms with E-state index in [9.17, 15) is 10.2 Å². The van der Waals surface area contributed by atoms with Crippen molar-refractivity contribution in [3.8, 4) is 16.2 Å². The predicted octanol–water partition coefficient (Wildman–Crippen LogP) is 4.73. The molecule has 0 spiro atoms. The number of hydrazone groups is 1. The van der Waals surface area contributed by atoms with Crippen LogP contribution in [-0.2, 0) is 0 Å². The maximum Gasteiger partial charge on any atom is 0.189 e. The van der Waals surface area contributed by atoms with Gasteiger partial charge in [-0.3, -0.25) is 5.43 Å². The molecule has 1 fully saturated rings. The maximum absolute atomic E-state index is 10.6. The van der Waals surface area contributed by atoms with Crippen LogP contribution in [-0.4, -0.2) is 45.6 Å². The summed E-state index contributed by atoms with van der Waals surface area (Å²) in [6.45, 7) is 3.64. The first-order valence-electron chi connectivity index (χ1n) is 8.87. The van der Waals surface area contributed by atoms with Gasteiger partial charge in [0.05, 0.1) is 26.2 Å². The molecule has 5 nitrogen and oxygen atoms in total. The van der Waals surface area contributed by atoms with Crippen LogP contribution in [0.2, 0.25) is 10.0 Å². The molecule has 150 valence electrons. The van der Waals surface area contributed by atoms with Crippen molar-refractivity contribution < 1.29 is 10.2 Å². The van der Waals surface area contributed by atoms with Crippen molar-refractivity contribution >= 4 is 57.6 Å². The smallest absolute Gasteiger partial charge is 0.189 e. The number of hydrogen-bond donors (Lipinski definition) is 3. The Morgan fingerprint density at radius 1 is 1.32 bits per heavy atom. The summed E-state index contributed by atoms with van der Waals surface area (Å²) >= 11 is 18.9. The van der Waals surface area contributed by atoms with Crippen LogP contribution in [0.5, 0.6) is 5.75 Å². The van der Waals surface area contributed by atoms with E-state index in [-0.39, 0.29) is 12.4 Å². The van der Waals surface area contributed by atoms with E-state index in [1.54, 1.807) is 12.1 Å². The normalized spacial score (nSPS) is 15.7. The molecule has 0 radical (unpaired) electrons. The summed E-state index contributed by atoms with van der Waals surface area (Å²) in [7, 11) is 0. The summed E-state index contributed by atoms with van der Waals surface area (Å²) in [5.74, 6) is 0.507. The van der Waals surface area contributed by atoms with Crippen molar-refractivity contribution in [1.82, 2.24) is 10.3 Å². The molecule has 2 aromatic rings. The highest BCUT2D eigenvalue weighted by Gasteiger charge is 2.20. The lowest BCUT2D eigenvalue weighted by molar-refractivity contribution is 0.166. The molecule has 1 aromatic carbocycles. The quantitative estimate of drug-likeness (QED) is 0.351. The Labute approximate surface area is 183 Å². The van der Waals surface area contributed by atoms with Crippen LogP contribution < -0.4 is 5.43 Å². The molecule has 0 bridgehead atoms. The number of benzene rings is 1. The number of rotatable bonds is 4. The van der Waals surface area contributed by atoms with Crippen molar-refractivity contribution in [2.45, 2.75) is 19.8 Å². The van der Waals surface area contributed by atoms with Crippen molar-refractivity contribution in [1.29, 1.82) is 0 Å². The Morgan fingerprint density at radius 2 is 2.04 bits per heavy atom. The number of likely N-dealkylation sites (tertiary alicyclic amines) is 1. The number of thiocarbonyl (C=S) groups is 1. The summed E-state index contributed by atoms with van der Waals surface area (Å²) in [4.78, 5) is 2.75. The third-order valence-electron chi connectivity index (χ3n) is 4.82. The van der Waals surface area contributed by atoms with E-state index in [1.165, 1.54) is 11.3 Å². The maximum atomic E-state index is 10.6. The van der Waals surface area contributed by atoms with Gasteiger partial charge in [-0.25, -0.2) is 0 Å². The van der Waals surface area contributed by atoms with Gasteiger partial charge in [0.25, 0.3) is 0 Å². The predicted molar refractivity (Wildman–Crippen MR) is 121 cm³/mol. The summed E-state index contributed by atoms with van der Waals surface area (Å²) in [5, 5.41) is 27.5. The minimum Gasteiger partial charge on any atom is -0.506 e. The number of nitrogens with zero attached hydrogens (tertiary/aromatic N) is 2. The minimum absolute atomic E-state index is 0.154. The van der Waals surface area contributed by atoms with Crippen LogP contribution in [0, 0.1) is 5.92 Å². The Balaban J connectivity index is 1.69. The molecule has 1 aliphatic rings. The second kappa shape index (κ2) is 9.41. The number of aromatic hydroxyl groups is 1. The van der Waals surface area contributed by atoms with Crippen LogP contribution in [0.1, 0.15) is 25.3 Å². The van der Waals surface area contributed by atoms with Gasteiger partial charge in [0.2, 0.25) is 0 Å². The fourth-order valence-electron chi connectivity index (χ4n) is 3.03. The van der Waals surface area contributed by atoms with Crippen molar-refractivity contribution in [2.75, 3.05) is 19.7 Å². The lowest BCUT2D eigenvalue weighted by Gasteiger charge is -2.32. The Kier molecular flexibility index (Phi) is 7.17. The molecule has 3 N–H and O–H groups in total. The van der Waals surface area contributed by atoms with Gasteiger partial charge in [0.15, 0.2) is 5.11 Å². The van der Waals surface area contributed by atoms with Crippen LogP contribution in [0.15, 0.2) is 28.7 Å². The second-order valence-electron chi connectivity index (χ2n) is 6.68. The third-order valence-corrected chi connectivity index (χ3v) is 6.92. The zero-order valence-corrected chi connectivity index (χ0v) is 18.4. The zero-order valence-electron chi connectivity index (χ0n) is 15.3. The highest BCUT2D eigenvalue weighted by atomic mass is 35.5. The first-order valence-corrected chi connectivity index (χ1v) is 10.9. The molecule has 28 heavy (non-hydrogen) atoms. The van der Waals surface area contributed by atoms with Gasteiger partial charge in [-0.05, 0) is 55.6 Å². The third kappa shape index (κ3) is 4.78. The number of hydrogen-bond acceptors (Lipinski definition) is 5. The van der Waals surface area contributed by atoms with Crippen molar-refractivity contribution in [3.05, 3.63) is 39.2 Å². The fraction of sp³-hybridized carbons (Fsp3) is 0.368. The monoisotopic (exact) mass is 457 g/mol. The van der Waals surface area contributed by atoms with Gasteiger partial charge in [0.1, 0.15) is 5.75 Å². The standard InChI is InChI=1S/C19H21Cl2N3O2S2/c1-11(22-23-19(27)24-6-4-12(9-25)5-7-24)14-10-28-18(17(14)26)13-2-3-15(20)16(21)8-13/h2-3,8,10,12,25-26H,4-7,9H2,1H3,(H,23,27). The molecule has 1 aromatic heterocycles. The van der Waals surface area contributed by atoms with Gasteiger partial charge in [-0.1, -0.05) is 29.3 Å². The van der Waals surface area contributed by atoms with Gasteiger partial charge in [-0.15, -0.1) is 11.3 Å². The van der Waals surface area contributed by atoms with E-state index in [4.69, 9.17) is 35.4 Å². The minimum atomic E-state index is 0.154. The molecule has 3 rings (SSSR count). The van der Waals surface area contributed by atoms with Gasteiger partial charge in [0, 0.05) is 25.1 Å². The van der Waals surface area contributed by atoms with Crippen LogP contribution in [0.4, 0.5) is 0 Å². The lowest BCUT2D eigenvalue weighted by atomic mass is 9.98. The summed E-state index contributed by atoms with van der Waals surface area (Å²) in [6, 6.07) is 5.26. The van der Waals surface area contributed by atoms with E-state index in [2.05, 4.69) is 10.5 Å². The molecule has 1 aliphatic heterocycles. The average molecular weight is 458 g/mol. The first-order chi connectivity index (χ1) is 13.4. The summed E-state index contributed by atoms with van der Waals surface area (Å²) in [5.41, 5.74) is 4.98. The fourth-order valence-corrected chi connectivity index (χ4v) is 4.56. The molecule has 0 saturated carbocycles. The van der Waals surface area contributed by atoms with E-state index in [1.807, 2.05) is 23.3 Å². The van der Waals surface area contributed by atoms with Gasteiger partial charge < -0.3 is 15.1 Å². The second-order valence-corrected chi connectivity index (χ2v) is 8.76. The van der Waals surface area contributed by atoms with Crippen molar-refractivity contribution in [3.63, 3.8) is 0 Å². The number of piperidine rings is 1. The van der Waals surface area contributed by atoms with Crippen LogP contribution >= 0.6 is 46.8 Å². The van der Waals surface area contributed by atoms with Crippen LogP contribution in [0.3, 0.4) is 0 Å². The molecule has 0 amide bonds. The number of nitrogens with one attached hydrogen (secondary N) is 1. The molecular weight excluding hydrogens is 437 g/mol. The van der Waals surface area contributed by atoms with E-state index >= 15 is 0 Å². The molecule has 2 heterocycles. The average Bonchev–Trinajstić information content (AvgIpc) is 3.09. The molecule has 9 heteroatoms. The highest BCUT2D eigenvalue weighted by Crippen LogP contribution is 2.40.